The van der Waals surface area contributed by atoms with Gasteiger partial charge in [-0.1, -0.05) is 47.5 Å². The molecule has 5 nitrogen and oxygen atoms in total. The summed E-state index contributed by atoms with van der Waals surface area (Å²) in [5, 5.41) is 10.3. The van der Waals surface area contributed by atoms with E-state index in [1.807, 2.05) is 37.2 Å². The molecule has 2 N–H and O–H groups in total. The SMILES string of the molecule is CN(C)c1ccc2c(c1)OC(N)=C(C#N)[C@@H]2c1cc(Cl)c(OCc2ccccc2F)c(Cl)c1. The zero-order valence-corrected chi connectivity index (χ0v) is 19.4. The largest absolute Gasteiger partial charge is 0.486 e. The van der Waals surface area contributed by atoms with Crippen molar-refractivity contribution in [1.29, 1.82) is 5.26 Å². The number of nitrogens with two attached hydrogens (primary N) is 1. The highest BCUT2D eigenvalue weighted by atomic mass is 35.5. The Labute approximate surface area is 201 Å². The Morgan fingerprint density at radius 1 is 1.12 bits per heavy atom. The molecule has 3 aromatic rings. The van der Waals surface area contributed by atoms with Gasteiger partial charge in [-0.3, -0.25) is 0 Å². The summed E-state index contributed by atoms with van der Waals surface area (Å²) in [5.41, 5.74) is 9.07. The van der Waals surface area contributed by atoms with Crippen molar-refractivity contribution >= 4 is 28.9 Å². The van der Waals surface area contributed by atoms with Gasteiger partial charge in [0.1, 0.15) is 29.8 Å². The zero-order chi connectivity index (χ0) is 23.7. The van der Waals surface area contributed by atoms with Gasteiger partial charge in [0.2, 0.25) is 5.88 Å². The molecule has 33 heavy (non-hydrogen) atoms. The third kappa shape index (κ3) is 4.43. The van der Waals surface area contributed by atoms with Crippen LogP contribution in [0.2, 0.25) is 10.0 Å². The lowest BCUT2D eigenvalue weighted by Gasteiger charge is -2.28. The summed E-state index contributed by atoms with van der Waals surface area (Å²) >= 11 is 13.0. The second-order valence-corrected chi connectivity index (χ2v) is 8.55. The molecule has 0 amide bonds. The van der Waals surface area contributed by atoms with E-state index in [0.29, 0.717) is 16.9 Å². The first-order valence-corrected chi connectivity index (χ1v) is 10.8. The van der Waals surface area contributed by atoms with Gasteiger partial charge in [-0.25, -0.2) is 4.39 Å². The van der Waals surface area contributed by atoms with Crippen LogP contribution in [0.1, 0.15) is 22.6 Å². The summed E-state index contributed by atoms with van der Waals surface area (Å²) < 4.78 is 25.4. The minimum absolute atomic E-state index is 0.0260. The van der Waals surface area contributed by atoms with E-state index < -0.39 is 5.92 Å². The van der Waals surface area contributed by atoms with E-state index in [2.05, 4.69) is 6.07 Å². The number of nitriles is 1. The molecular weight excluding hydrogens is 464 g/mol. The average molecular weight is 484 g/mol. The fraction of sp³-hybridized carbons (Fsp3) is 0.160. The van der Waals surface area contributed by atoms with Gasteiger partial charge in [-0.05, 0) is 29.8 Å². The maximum absolute atomic E-state index is 13.9. The minimum atomic E-state index is -0.523. The van der Waals surface area contributed by atoms with Crippen LogP contribution in [-0.4, -0.2) is 14.1 Å². The normalized spacial score (nSPS) is 14.8. The van der Waals surface area contributed by atoms with E-state index in [1.165, 1.54) is 6.07 Å². The lowest BCUT2D eigenvalue weighted by molar-refractivity contribution is 0.300. The quantitative estimate of drug-likeness (QED) is 0.481. The lowest BCUT2D eigenvalue weighted by atomic mass is 9.83. The van der Waals surface area contributed by atoms with Gasteiger partial charge in [0, 0.05) is 37.0 Å². The Bertz CT molecular complexity index is 1280. The predicted molar refractivity (Wildman–Crippen MR) is 127 cm³/mol. The standard InChI is InChI=1S/C25H20Cl2FN3O2/c1-31(2)16-7-8-17-22(11-16)33-25(30)18(12-29)23(17)15-9-19(26)24(20(27)10-15)32-13-14-5-3-4-6-21(14)28/h3-11,23H,13,30H2,1-2H3/t23-/m1/s1. The van der Waals surface area contributed by atoms with E-state index in [9.17, 15) is 9.65 Å². The van der Waals surface area contributed by atoms with Crippen molar-refractivity contribution < 1.29 is 13.9 Å². The Hall–Kier alpha value is -3.40. The van der Waals surface area contributed by atoms with Crippen LogP contribution < -0.4 is 20.1 Å². The second-order valence-electron chi connectivity index (χ2n) is 7.74. The van der Waals surface area contributed by atoms with E-state index in [-0.39, 0.29) is 39.7 Å². The second kappa shape index (κ2) is 9.22. The zero-order valence-electron chi connectivity index (χ0n) is 17.9. The molecule has 0 saturated heterocycles. The number of nitrogens with zero attached hydrogens (tertiary/aromatic N) is 2. The Morgan fingerprint density at radius 3 is 2.45 bits per heavy atom. The van der Waals surface area contributed by atoms with Crippen molar-refractivity contribution in [3.63, 3.8) is 0 Å². The highest BCUT2D eigenvalue weighted by Crippen LogP contribution is 2.46. The van der Waals surface area contributed by atoms with Gasteiger partial charge in [-0.2, -0.15) is 5.26 Å². The summed E-state index contributed by atoms with van der Waals surface area (Å²) in [7, 11) is 3.84. The highest BCUT2D eigenvalue weighted by Gasteiger charge is 2.32. The van der Waals surface area contributed by atoms with Gasteiger partial charge in [-0.15, -0.1) is 0 Å². The molecule has 168 valence electrons. The third-order valence-corrected chi connectivity index (χ3v) is 5.96. The van der Waals surface area contributed by atoms with Crippen LogP contribution in [0.3, 0.4) is 0 Å². The number of ether oxygens (including phenoxy) is 2. The van der Waals surface area contributed by atoms with Gasteiger partial charge >= 0.3 is 0 Å². The molecule has 0 spiro atoms. The molecular formula is C25H20Cl2FN3O2. The number of halogens is 3. The molecule has 1 atom stereocenters. The molecule has 4 rings (SSSR count). The number of allylic oxidation sites excluding steroid dienone is 1. The Morgan fingerprint density at radius 2 is 1.82 bits per heavy atom. The number of hydrogen-bond donors (Lipinski definition) is 1. The topological polar surface area (TPSA) is 71.5 Å². The predicted octanol–water partition coefficient (Wildman–Crippen LogP) is 6.00. The van der Waals surface area contributed by atoms with E-state index in [0.717, 1.165) is 11.3 Å². The molecule has 1 aliphatic rings. The molecule has 0 fully saturated rings. The maximum atomic E-state index is 13.9. The van der Waals surface area contributed by atoms with Crippen molar-refractivity contribution in [2.75, 3.05) is 19.0 Å². The molecule has 1 aliphatic heterocycles. The van der Waals surface area contributed by atoms with Crippen molar-refractivity contribution in [2.45, 2.75) is 12.5 Å². The molecule has 3 aromatic carbocycles. The maximum Gasteiger partial charge on any atom is 0.205 e. The molecule has 0 bridgehead atoms. The molecule has 0 aromatic heterocycles. The Balaban J connectivity index is 1.73. The molecule has 0 radical (unpaired) electrons. The number of fused-ring (bicyclic) bond motifs is 1. The van der Waals surface area contributed by atoms with Crippen LogP contribution in [0, 0.1) is 17.1 Å². The van der Waals surface area contributed by atoms with Crippen LogP contribution in [0.4, 0.5) is 10.1 Å². The summed E-state index contributed by atoms with van der Waals surface area (Å²) in [4.78, 5) is 1.94. The molecule has 8 heteroatoms. The first kappa shape index (κ1) is 22.8. The Kier molecular flexibility index (Phi) is 6.37. The van der Waals surface area contributed by atoms with E-state index >= 15 is 0 Å². The molecule has 0 unspecified atom stereocenters. The minimum Gasteiger partial charge on any atom is -0.486 e. The van der Waals surface area contributed by atoms with Crippen molar-refractivity contribution in [3.8, 4) is 17.6 Å². The highest BCUT2D eigenvalue weighted by molar-refractivity contribution is 6.37. The fourth-order valence-electron chi connectivity index (χ4n) is 3.71. The first-order valence-electron chi connectivity index (χ1n) is 10.0. The van der Waals surface area contributed by atoms with Gasteiger partial charge in [0.05, 0.1) is 16.0 Å². The number of rotatable bonds is 5. The van der Waals surface area contributed by atoms with E-state index in [4.69, 9.17) is 38.4 Å². The molecule has 0 saturated carbocycles. The van der Waals surface area contributed by atoms with Crippen molar-refractivity contribution in [1.82, 2.24) is 0 Å². The summed E-state index contributed by atoms with van der Waals surface area (Å²) in [6, 6.07) is 17.5. The summed E-state index contributed by atoms with van der Waals surface area (Å²) in [6.45, 7) is -0.0326. The number of benzene rings is 3. The molecule has 0 aliphatic carbocycles. The van der Waals surface area contributed by atoms with Crippen LogP contribution in [0.5, 0.6) is 11.5 Å². The van der Waals surface area contributed by atoms with Crippen molar-refractivity contribution in [2.24, 2.45) is 5.73 Å². The summed E-state index contributed by atoms with van der Waals surface area (Å²) in [5.74, 6) is -0.0917. The monoisotopic (exact) mass is 483 g/mol. The number of hydrogen-bond acceptors (Lipinski definition) is 5. The first-order chi connectivity index (χ1) is 15.8. The molecule has 1 heterocycles. The average Bonchev–Trinajstić information content (AvgIpc) is 2.78. The van der Waals surface area contributed by atoms with Gasteiger partial charge in [0.15, 0.2) is 5.75 Å². The van der Waals surface area contributed by atoms with Crippen LogP contribution >= 0.6 is 23.2 Å². The fourth-order valence-corrected chi connectivity index (χ4v) is 4.33. The van der Waals surface area contributed by atoms with Crippen LogP contribution in [0.25, 0.3) is 0 Å². The summed E-state index contributed by atoms with van der Waals surface area (Å²) in [6.07, 6.45) is 0. The number of anilines is 1. The smallest absolute Gasteiger partial charge is 0.205 e. The van der Waals surface area contributed by atoms with E-state index in [1.54, 1.807) is 30.3 Å². The third-order valence-electron chi connectivity index (χ3n) is 5.40. The lowest BCUT2D eigenvalue weighted by Crippen LogP contribution is -2.21. The van der Waals surface area contributed by atoms with Gasteiger partial charge < -0.3 is 20.1 Å². The van der Waals surface area contributed by atoms with Crippen LogP contribution in [-0.2, 0) is 6.61 Å². The van der Waals surface area contributed by atoms with Crippen molar-refractivity contribution in [3.05, 3.63) is 98.6 Å². The van der Waals surface area contributed by atoms with Crippen LogP contribution in [0.15, 0.2) is 66.1 Å². The van der Waals surface area contributed by atoms with Gasteiger partial charge in [0.25, 0.3) is 0 Å².